The van der Waals surface area contributed by atoms with E-state index in [1.165, 1.54) is 33.5 Å². The van der Waals surface area contributed by atoms with Crippen molar-refractivity contribution in [3.05, 3.63) is 47.9 Å². The topological polar surface area (TPSA) is 96.1 Å². The van der Waals surface area contributed by atoms with Crippen molar-refractivity contribution in [1.29, 1.82) is 0 Å². The standard InChI is InChI=1S/C24H27FN4O5/c1-32-19-12-17-18(13-20(19)33-2)26-23(24(31)34-3)22(17)27-21(30)14-28-8-10-29(11-9-28)16-6-4-15(25)5-7-16/h4-7,12-13,26H,8-11,14H2,1-3H3,(H,27,30). The molecule has 180 valence electrons. The number of esters is 1. The Bertz CT molecular complexity index is 1190. The molecule has 2 heterocycles. The van der Waals surface area contributed by atoms with Gasteiger partial charge in [-0.3, -0.25) is 9.69 Å². The Hall–Kier alpha value is -3.79. The van der Waals surface area contributed by atoms with Gasteiger partial charge in [0.1, 0.15) is 11.5 Å². The molecule has 0 aliphatic carbocycles. The highest BCUT2D eigenvalue weighted by Crippen LogP contribution is 2.37. The number of halogens is 1. The van der Waals surface area contributed by atoms with E-state index in [0.29, 0.717) is 41.2 Å². The lowest BCUT2D eigenvalue weighted by Gasteiger charge is -2.35. The van der Waals surface area contributed by atoms with Gasteiger partial charge in [-0.05, 0) is 30.3 Å². The van der Waals surface area contributed by atoms with Crippen molar-refractivity contribution in [2.24, 2.45) is 0 Å². The van der Waals surface area contributed by atoms with Crippen LogP contribution in [0, 0.1) is 5.82 Å². The van der Waals surface area contributed by atoms with Gasteiger partial charge < -0.3 is 29.4 Å². The van der Waals surface area contributed by atoms with E-state index in [2.05, 4.69) is 15.2 Å². The van der Waals surface area contributed by atoms with Gasteiger partial charge >= 0.3 is 5.97 Å². The van der Waals surface area contributed by atoms with Crippen LogP contribution in [-0.4, -0.2) is 75.8 Å². The molecule has 0 radical (unpaired) electrons. The van der Waals surface area contributed by atoms with E-state index in [4.69, 9.17) is 14.2 Å². The fourth-order valence-electron chi connectivity index (χ4n) is 4.10. The first kappa shape index (κ1) is 23.4. The van der Waals surface area contributed by atoms with Crippen molar-refractivity contribution in [3.8, 4) is 11.5 Å². The summed E-state index contributed by atoms with van der Waals surface area (Å²) in [6, 6.07) is 9.80. The SMILES string of the molecule is COC(=O)c1[nH]c2cc(OC)c(OC)cc2c1NC(=O)CN1CCN(c2ccc(F)cc2)CC1. The molecule has 1 amide bonds. The molecule has 1 saturated heterocycles. The molecule has 2 aromatic carbocycles. The minimum atomic E-state index is -0.600. The number of aromatic nitrogens is 1. The number of anilines is 2. The number of rotatable bonds is 7. The maximum atomic E-state index is 13.2. The van der Waals surface area contributed by atoms with Crippen LogP contribution in [-0.2, 0) is 9.53 Å². The van der Waals surface area contributed by atoms with Gasteiger partial charge in [0.25, 0.3) is 0 Å². The number of piperazine rings is 1. The Morgan fingerprint density at radius 2 is 1.65 bits per heavy atom. The van der Waals surface area contributed by atoms with Crippen LogP contribution in [0.1, 0.15) is 10.5 Å². The lowest BCUT2D eigenvalue weighted by molar-refractivity contribution is -0.117. The molecule has 0 unspecified atom stereocenters. The molecule has 0 atom stereocenters. The predicted molar refractivity (Wildman–Crippen MR) is 126 cm³/mol. The fraction of sp³-hybridized carbons (Fsp3) is 0.333. The third-order valence-corrected chi connectivity index (χ3v) is 5.89. The van der Waals surface area contributed by atoms with Crippen molar-refractivity contribution in [2.75, 3.05) is 64.3 Å². The normalized spacial score (nSPS) is 14.2. The number of methoxy groups -OCH3 is 3. The molecule has 0 saturated carbocycles. The van der Waals surface area contributed by atoms with Crippen molar-refractivity contribution >= 4 is 34.2 Å². The highest BCUT2D eigenvalue weighted by molar-refractivity contribution is 6.11. The second kappa shape index (κ2) is 10.0. The van der Waals surface area contributed by atoms with Crippen LogP contribution >= 0.6 is 0 Å². The zero-order valence-electron chi connectivity index (χ0n) is 19.3. The maximum Gasteiger partial charge on any atom is 0.356 e. The van der Waals surface area contributed by atoms with E-state index in [9.17, 15) is 14.0 Å². The summed E-state index contributed by atoms with van der Waals surface area (Å²) in [5.41, 5.74) is 2.03. The first-order valence-corrected chi connectivity index (χ1v) is 10.8. The molecular formula is C24H27FN4O5. The number of amides is 1. The van der Waals surface area contributed by atoms with Crippen molar-refractivity contribution in [2.45, 2.75) is 0 Å². The maximum absolute atomic E-state index is 13.2. The largest absolute Gasteiger partial charge is 0.493 e. The summed E-state index contributed by atoms with van der Waals surface area (Å²) in [4.78, 5) is 32.5. The molecule has 0 spiro atoms. The minimum Gasteiger partial charge on any atom is -0.493 e. The van der Waals surface area contributed by atoms with E-state index in [1.54, 1.807) is 24.3 Å². The number of carbonyl (C=O) groups is 2. The van der Waals surface area contributed by atoms with Crippen LogP contribution < -0.4 is 19.7 Å². The van der Waals surface area contributed by atoms with E-state index in [0.717, 1.165) is 18.8 Å². The Labute approximate surface area is 196 Å². The van der Waals surface area contributed by atoms with Gasteiger partial charge in [-0.2, -0.15) is 0 Å². The molecule has 1 fully saturated rings. The van der Waals surface area contributed by atoms with Gasteiger partial charge in [0, 0.05) is 43.3 Å². The number of carbonyl (C=O) groups excluding carboxylic acids is 2. The van der Waals surface area contributed by atoms with Crippen molar-refractivity contribution < 1.29 is 28.2 Å². The monoisotopic (exact) mass is 470 g/mol. The van der Waals surface area contributed by atoms with Crippen molar-refractivity contribution in [3.63, 3.8) is 0 Å². The summed E-state index contributed by atoms with van der Waals surface area (Å²) in [6.45, 7) is 2.95. The lowest BCUT2D eigenvalue weighted by Crippen LogP contribution is -2.48. The smallest absolute Gasteiger partial charge is 0.356 e. The molecule has 10 heteroatoms. The molecule has 4 rings (SSSR count). The van der Waals surface area contributed by atoms with Crippen LogP contribution in [0.2, 0.25) is 0 Å². The number of ether oxygens (including phenoxy) is 3. The predicted octanol–water partition coefficient (Wildman–Crippen LogP) is 2.87. The van der Waals surface area contributed by atoms with Crippen LogP contribution in [0.5, 0.6) is 11.5 Å². The number of aromatic amines is 1. The summed E-state index contributed by atoms with van der Waals surface area (Å²) < 4.78 is 28.8. The summed E-state index contributed by atoms with van der Waals surface area (Å²) >= 11 is 0. The average Bonchev–Trinajstić information content (AvgIpc) is 3.20. The average molecular weight is 471 g/mol. The summed E-state index contributed by atoms with van der Waals surface area (Å²) in [6.07, 6.45) is 0. The van der Waals surface area contributed by atoms with Gasteiger partial charge in [-0.25, -0.2) is 9.18 Å². The van der Waals surface area contributed by atoms with Gasteiger partial charge in [0.05, 0.1) is 39.1 Å². The molecule has 1 aliphatic heterocycles. The Kier molecular flexibility index (Phi) is 6.87. The molecular weight excluding hydrogens is 443 g/mol. The third kappa shape index (κ3) is 4.76. The molecule has 9 nitrogen and oxygen atoms in total. The number of nitrogens with one attached hydrogen (secondary N) is 2. The van der Waals surface area contributed by atoms with Gasteiger partial charge in [-0.1, -0.05) is 0 Å². The molecule has 1 aromatic heterocycles. The van der Waals surface area contributed by atoms with Gasteiger partial charge in [0.15, 0.2) is 11.5 Å². The van der Waals surface area contributed by atoms with Crippen LogP contribution in [0.15, 0.2) is 36.4 Å². The molecule has 2 N–H and O–H groups in total. The lowest BCUT2D eigenvalue weighted by atomic mass is 10.2. The summed E-state index contributed by atoms with van der Waals surface area (Å²) in [7, 11) is 4.31. The number of benzene rings is 2. The molecule has 34 heavy (non-hydrogen) atoms. The van der Waals surface area contributed by atoms with Crippen LogP contribution in [0.4, 0.5) is 15.8 Å². The zero-order valence-corrected chi connectivity index (χ0v) is 19.3. The molecule has 3 aromatic rings. The molecule has 1 aliphatic rings. The number of hydrogen-bond acceptors (Lipinski definition) is 7. The van der Waals surface area contributed by atoms with Crippen LogP contribution in [0.25, 0.3) is 10.9 Å². The van der Waals surface area contributed by atoms with E-state index in [1.807, 2.05) is 4.90 Å². The second-order valence-corrected chi connectivity index (χ2v) is 7.91. The first-order chi connectivity index (χ1) is 16.4. The summed E-state index contributed by atoms with van der Waals surface area (Å²) in [5, 5.41) is 3.47. The van der Waals surface area contributed by atoms with Gasteiger partial charge in [0.2, 0.25) is 5.91 Å². The quantitative estimate of drug-likeness (QED) is 0.513. The van der Waals surface area contributed by atoms with Crippen LogP contribution in [0.3, 0.4) is 0 Å². The Morgan fingerprint density at radius 1 is 1.00 bits per heavy atom. The van der Waals surface area contributed by atoms with E-state index >= 15 is 0 Å². The number of H-pyrrole nitrogens is 1. The molecule has 0 bridgehead atoms. The fourth-order valence-corrected chi connectivity index (χ4v) is 4.10. The highest BCUT2D eigenvalue weighted by Gasteiger charge is 2.24. The van der Waals surface area contributed by atoms with E-state index in [-0.39, 0.29) is 24.0 Å². The second-order valence-electron chi connectivity index (χ2n) is 7.91. The highest BCUT2D eigenvalue weighted by atomic mass is 19.1. The number of nitrogens with zero attached hydrogens (tertiary/aromatic N) is 2. The number of fused-ring (bicyclic) bond motifs is 1. The third-order valence-electron chi connectivity index (χ3n) is 5.89. The minimum absolute atomic E-state index is 0.141. The van der Waals surface area contributed by atoms with Gasteiger partial charge in [-0.15, -0.1) is 0 Å². The Morgan fingerprint density at radius 3 is 2.26 bits per heavy atom. The van der Waals surface area contributed by atoms with Crippen molar-refractivity contribution in [1.82, 2.24) is 9.88 Å². The Balaban J connectivity index is 1.48. The summed E-state index contributed by atoms with van der Waals surface area (Å²) in [5.74, 6) is -0.158. The zero-order chi connectivity index (χ0) is 24.2. The number of hydrogen-bond donors (Lipinski definition) is 2. The van der Waals surface area contributed by atoms with E-state index < -0.39 is 5.97 Å². The first-order valence-electron chi connectivity index (χ1n) is 10.8.